The van der Waals surface area contributed by atoms with Crippen LogP contribution < -0.4 is 15.5 Å². The Morgan fingerprint density at radius 1 is 1.02 bits per heavy atom. The molecule has 5 rings (SSSR count). The van der Waals surface area contributed by atoms with Crippen LogP contribution >= 0.6 is 0 Å². The van der Waals surface area contributed by atoms with Crippen molar-refractivity contribution < 1.29 is 4.79 Å². The topological polar surface area (TPSA) is 123 Å². The third kappa shape index (κ3) is 5.70. The van der Waals surface area contributed by atoms with Gasteiger partial charge >= 0.3 is 0 Å². The van der Waals surface area contributed by atoms with Crippen LogP contribution in [0.25, 0.3) is 11.0 Å². The quantitative estimate of drug-likeness (QED) is 0.365. The summed E-state index contributed by atoms with van der Waals surface area (Å²) in [5.41, 5.74) is 5.21. The molecule has 1 aliphatic heterocycles. The molecular formula is C30H33N9O. The van der Waals surface area contributed by atoms with E-state index >= 15 is 0 Å². The maximum atomic E-state index is 13.6. The van der Waals surface area contributed by atoms with Gasteiger partial charge in [-0.05, 0) is 76.2 Å². The van der Waals surface area contributed by atoms with Gasteiger partial charge < -0.3 is 20.4 Å². The van der Waals surface area contributed by atoms with Crippen LogP contribution in [-0.4, -0.2) is 64.0 Å². The van der Waals surface area contributed by atoms with Gasteiger partial charge in [-0.25, -0.2) is 19.9 Å². The number of benzene rings is 2. The Hall–Kier alpha value is -4.62. The molecule has 10 heteroatoms. The zero-order chi connectivity index (χ0) is 28.4. The van der Waals surface area contributed by atoms with Crippen LogP contribution in [0.2, 0.25) is 0 Å². The van der Waals surface area contributed by atoms with Crippen LogP contribution in [0.3, 0.4) is 0 Å². The lowest BCUT2D eigenvalue weighted by Crippen LogP contribution is -2.44. The second-order valence-corrected chi connectivity index (χ2v) is 10.8. The van der Waals surface area contributed by atoms with Gasteiger partial charge in [-0.1, -0.05) is 6.07 Å². The van der Waals surface area contributed by atoms with Crippen molar-refractivity contribution in [1.82, 2.24) is 24.8 Å². The van der Waals surface area contributed by atoms with Crippen LogP contribution in [0, 0.1) is 25.2 Å². The fourth-order valence-electron chi connectivity index (χ4n) is 4.61. The number of nitrogens with zero attached hydrogens (tertiary/aromatic N) is 7. The first-order chi connectivity index (χ1) is 19.1. The van der Waals surface area contributed by atoms with E-state index in [1.54, 1.807) is 6.20 Å². The molecule has 2 N–H and O–H groups in total. The minimum Gasteiger partial charge on any atom is -0.369 e. The maximum Gasteiger partial charge on any atom is 0.255 e. The van der Waals surface area contributed by atoms with Gasteiger partial charge in [-0.15, -0.1) is 0 Å². The molecule has 0 saturated carbocycles. The lowest BCUT2D eigenvalue weighted by molar-refractivity contribution is 0.102. The number of hydrogen-bond donors (Lipinski definition) is 2. The smallest absolute Gasteiger partial charge is 0.255 e. The van der Waals surface area contributed by atoms with E-state index in [-0.39, 0.29) is 5.91 Å². The molecule has 1 amide bonds. The summed E-state index contributed by atoms with van der Waals surface area (Å²) in [6.45, 7) is 11.2. The number of aromatic nitrogens is 4. The Labute approximate surface area is 234 Å². The molecule has 2 aromatic heterocycles. The number of rotatable bonds is 6. The first-order valence-corrected chi connectivity index (χ1v) is 13.3. The fraction of sp³-hybridized carbons (Fsp3) is 0.333. The first-order valence-electron chi connectivity index (χ1n) is 13.3. The molecule has 204 valence electrons. The summed E-state index contributed by atoms with van der Waals surface area (Å²) in [6.07, 6.45) is 3.14. The summed E-state index contributed by atoms with van der Waals surface area (Å²) in [4.78, 5) is 35.5. The highest BCUT2D eigenvalue weighted by Gasteiger charge is 2.24. The zero-order valence-electron chi connectivity index (χ0n) is 23.5. The minimum atomic E-state index is -0.735. The summed E-state index contributed by atoms with van der Waals surface area (Å²) in [6, 6.07) is 13.8. The maximum absolute atomic E-state index is 13.6. The predicted octanol–water partition coefficient (Wildman–Crippen LogP) is 4.59. The molecule has 0 atom stereocenters. The monoisotopic (exact) mass is 535 g/mol. The molecule has 40 heavy (non-hydrogen) atoms. The largest absolute Gasteiger partial charge is 0.369 e. The molecule has 3 heterocycles. The van der Waals surface area contributed by atoms with Gasteiger partial charge in [-0.3, -0.25) is 4.79 Å². The number of nitrogens with one attached hydrogen (secondary N) is 2. The van der Waals surface area contributed by atoms with Crippen molar-refractivity contribution in [2.45, 2.75) is 33.1 Å². The first kappa shape index (κ1) is 27.0. The highest BCUT2D eigenvalue weighted by molar-refractivity contribution is 6.05. The van der Waals surface area contributed by atoms with Gasteiger partial charge in [0.15, 0.2) is 5.82 Å². The average molecular weight is 536 g/mol. The van der Waals surface area contributed by atoms with Crippen LogP contribution in [0.1, 0.15) is 41.2 Å². The number of piperazine rings is 1. The van der Waals surface area contributed by atoms with Crippen molar-refractivity contribution in [2.24, 2.45) is 0 Å². The number of carbonyl (C=O) groups is 1. The van der Waals surface area contributed by atoms with Gasteiger partial charge in [0.2, 0.25) is 0 Å². The number of hydrogen-bond acceptors (Lipinski definition) is 9. The van der Waals surface area contributed by atoms with Gasteiger partial charge in [0, 0.05) is 48.8 Å². The molecule has 1 aliphatic rings. The molecule has 4 aromatic rings. The lowest BCUT2D eigenvalue weighted by Gasteiger charge is -2.35. The van der Waals surface area contributed by atoms with E-state index in [0.29, 0.717) is 33.9 Å². The third-order valence-electron chi connectivity index (χ3n) is 7.30. The van der Waals surface area contributed by atoms with Crippen molar-refractivity contribution >= 4 is 39.8 Å². The molecule has 0 unspecified atom stereocenters. The molecule has 1 fully saturated rings. The molecule has 0 spiro atoms. The summed E-state index contributed by atoms with van der Waals surface area (Å²) < 4.78 is 0. The minimum absolute atomic E-state index is 0.239. The van der Waals surface area contributed by atoms with Crippen molar-refractivity contribution in [3.63, 3.8) is 0 Å². The predicted molar refractivity (Wildman–Crippen MR) is 157 cm³/mol. The Morgan fingerprint density at radius 3 is 2.55 bits per heavy atom. The van der Waals surface area contributed by atoms with Crippen LogP contribution in [0.5, 0.6) is 0 Å². The fourth-order valence-corrected chi connectivity index (χ4v) is 4.61. The SMILES string of the molecule is Cc1ncc2ncnc(Nc3cc(NC(=O)c4cc(N5CCN(C)CC5)cc(C(C)(C)C#N)c4)ccc3C)c2n1. The van der Waals surface area contributed by atoms with Crippen LogP contribution in [0.15, 0.2) is 48.9 Å². The van der Waals surface area contributed by atoms with Gasteiger partial charge in [0.05, 0.1) is 17.7 Å². The number of carbonyl (C=O) groups excluding carboxylic acids is 1. The number of fused-ring (bicyclic) bond motifs is 1. The van der Waals surface area contributed by atoms with E-state index in [9.17, 15) is 10.1 Å². The van der Waals surface area contributed by atoms with Crippen molar-refractivity contribution in [3.05, 3.63) is 71.4 Å². The summed E-state index contributed by atoms with van der Waals surface area (Å²) in [7, 11) is 2.11. The van der Waals surface area contributed by atoms with E-state index in [1.807, 2.05) is 64.1 Å². The van der Waals surface area contributed by atoms with Crippen molar-refractivity contribution in [3.8, 4) is 6.07 Å². The molecule has 0 bridgehead atoms. The summed E-state index contributed by atoms with van der Waals surface area (Å²) in [5.74, 6) is 0.947. The molecule has 1 saturated heterocycles. The number of amides is 1. The third-order valence-corrected chi connectivity index (χ3v) is 7.30. The highest BCUT2D eigenvalue weighted by atomic mass is 16.1. The molecule has 0 aliphatic carbocycles. The van der Waals surface area contributed by atoms with E-state index in [0.717, 1.165) is 48.7 Å². The van der Waals surface area contributed by atoms with E-state index < -0.39 is 5.41 Å². The van der Waals surface area contributed by atoms with E-state index in [2.05, 4.69) is 53.5 Å². The molecule has 10 nitrogen and oxygen atoms in total. The number of aryl methyl sites for hydroxylation is 2. The van der Waals surface area contributed by atoms with Crippen LogP contribution in [0.4, 0.5) is 22.9 Å². The Kier molecular flexibility index (Phi) is 7.32. The Balaban J connectivity index is 1.43. The van der Waals surface area contributed by atoms with Crippen LogP contribution in [-0.2, 0) is 5.41 Å². The molecular weight excluding hydrogens is 502 g/mol. The summed E-state index contributed by atoms with van der Waals surface area (Å²) in [5, 5.41) is 16.2. The second kappa shape index (κ2) is 10.9. The van der Waals surface area contributed by atoms with E-state index in [4.69, 9.17) is 0 Å². The molecule has 2 aromatic carbocycles. The van der Waals surface area contributed by atoms with Gasteiger partial charge in [0.1, 0.15) is 23.2 Å². The number of nitriles is 1. The van der Waals surface area contributed by atoms with Gasteiger partial charge in [-0.2, -0.15) is 5.26 Å². The standard InChI is InChI=1S/C30H33N9O/c1-19-6-7-23(15-25(19)37-28-27-26(33-18-34-28)16-32-20(2)35-27)36-29(40)21-12-22(30(3,4)17-31)14-24(13-21)39-10-8-38(5)9-11-39/h6-7,12-16,18H,8-11H2,1-5H3,(H,36,40)(H,33,34,37). The normalized spacial score (nSPS) is 14.2. The van der Waals surface area contributed by atoms with Crippen molar-refractivity contribution in [2.75, 3.05) is 48.8 Å². The zero-order valence-corrected chi connectivity index (χ0v) is 23.5. The number of anilines is 4. The van der Waals surface area contributed by atoms with E-state index in [1.165, 1.54) is 6.33 Å². The summed E-state index contributed by atoms with van der Waals surface area (Å²) >= 11 is 0. The Morgan fingerprint density at radius 2 is 1.80 bits per heavy atom. The van der Waals surface area contributed by atoms with Gasteiger partial charge in [0.25, 0.3) is 5.91 Å². The van der Waals surface area contributed by atoms with Crippen molar-refractivity contribution in [1.29, 1.82) is 5.26 Å². The molecule has 0 radical (unpaired) electrons. The second-order valence-electron chi connectivity index (χ2n) is 10.8. The number of likely N-dealkylation sites (N-methyl/N-ethyl adjacent to an activating group) is 1. The lowest BCUT2D eigenvalue weighted by atomic mass is 9.85. The highest BCUT2D eigenvalue weighted by Crippen LogP contribution is 2.30. The average Bonchev–Trinajstić information content (AvgIpc) is 2.95. The Bertz CT molecular complexity index is 1620.